The molecule has 0 heterocycles. The van der Waals surface area contributed by atoms with Gasteiger partial charge in [-0.3, -0.25) is 4.79 Å². The van der Waals surface area contributed by atoms with Gasteiger partial charge in [-0.25, -0.2) is 0 Å². The van der Waals surface area contributed by atoms with Crippen molar-refractivity contribution in [2.24, 2.45) is 29.4 Å². The van der Waals surface area contributed by atoms with E-state index in [1.165, 1.54) is 49.7 Å². The summed E-state index contributed by atoms with van der Waals surface area (Å²) in [6.07, 6.45) is 24.1. The molecule has 1 spiro atoms. The molecule has 0 aromatic heterocycles. The number of carboxylic acids is 1. The van der Waals surface area contributed by atoms with E-state index >= 15 is 0 Å². The highest BCUT2D eigenvalue weighted by atomic mass is 16.4. The molecule has 2 aromatic rings. The largest absolute Gasteiger partial charge is 0.508 e. The summed E-state index contributed by atoms with van der Waals surface area (Å²) in [6, 6.07) is 16.5. The number of phenolic OH excluding ortho intramolecular Hbond substituents is 1. The van der Waals surface area contributed by atoms with Crippen molar-refractivity contribution in [1.82, 2.24) is 0 Å². The van der Waals surface area contributed by atoms with E-state index in [-0.39, 0.29) is 18.3 Å². The summed E-state index contributed by atoms with van der Waals surface area (Å²) in [7, 11) is 0. The number of nitrogens with two attached hydrogens (primary N) is 1. The van der Waals surface area contributed by atoms with Gasteiger partial charge in [0.25, 0.3) is 0 Å². The van der Waals surface area contributed by atoms with E-state index in [2.05, 4.69) is 48.6 Å². The lowest BCUT2D eigenvalue weighted by atomic mass is 9.58. The standard InChI is InChI=1S/C41H57NO4/c42-25-22-31-17-16-30(26-31)10-4-1-2-5-12-33-13-9-14-35(29-43)39(40(45)46)41(23-6-3-7-24-41)36-15-8-11-32(27-36)28-38(33)34-18-20-37(44)21-19-34/h8-9,11,14-15,18-21,26-27,30,33,35,38-39,43-44H,1-7,10,12-13,16-17,22-25,28-29,42H2,(H,45,46)/b14-9+/t30-,33-,35+,38+,39+/m0/s1. The molecule has 5 nitrogen and oxygen atoms in total. The second kappa shape index (κ2) is 16.8. The van der Waals surface area contributed by atoms with Gasteiger partial charge in [-0.1, -0.05) is 105 Å². The van der Waals surface area contributed by atoms with Gasteiger partial charge in [-0.2, -0.15) is 0 Å². The van der Waals surface area contributed by atoms with Crippen LogP contribution in [0.1, 0.15) is 119 Å². The van der Waals surface area contributed by atoms with Crippen LogP contribution in [0.5, 0.6) is 5.75 Å². The van der Waals surface area contributed by atoms with E-state index in [1.807, 2.05) is 18.2 Å². The van der Waals surface area contributed by atoms with Gasteiger partial charge in [0.2, 0.25) is 0 Å². The Hall–Kier alpha value is -2.89. The van der Waals surface area contributed by atoms with Gasteiger partial charge in [-0.15, -0.1) is 0 Å². The highest BCUT2D eigenvalue weighted by Crippen LogP contribution is 2.49. The molecular weight excluding hydrogens is 570 g/mol. The Balaban J connectivity index is 1.37. The van der Waals surface area contributed by atoms with Gasteiger partial charge in [0.05, 0.1) is 12.5 Å². The predicted octanol–water partition coefficient (Wildman–Crippen LogP) is 8.83. The van der Waals surface area contributed by atoms with Crippen LogP contribution in [0.15, 0.2) is 72.3 Å². The maximum Gasteiger partial charge on any atom is 0.308 e. The highest BCUT2D eigenvalue weighted by Gasteiger charge is 2.48. The average molecular weight is 628 g/mol. The number of hydrogen-bond acceptors (Lipinski definition) is 4. The minimum atomic E-state index is -0.796. The molecule has 1 fully saturated rings. The van der Waals surface area contributed by atoms with Crippen LogP contribution in [0.4, 0.5) is 0 Å². The van der Waals surface area contributed by atoms with Crippen LogP contribution in [-0.2, 0) is 16.6 Å². The first-order valence-corrected chi connectivity index (χ1v) is 18.2. The maximum absolute atomic E-state index is 13.0. The van der Waals surface area contributed by atoms with Crippen molar-refractivity contribution >= 4 is 5.97 Å². The molecule has 5 atom stereocenters. The Morgan fingerprint density at radius 1 is 0.957 bits per heavy atom. The normalized spacial score (nSPS) is 27.0. The summed E-state index contributed by atoms with van der Waals surface area (Å²) in [5.41, 5.74) is 10.5. The SMILES string of the molecule is NCCC1=C[C@@H](CCCCCC[C@H]2C/C=C/[C@H](CO)[C@H](C(=O)O)C3(CCCCC3)c3cccc(c3)C[C@H]2c2ccc(O)cc2)CC1. The first kappa shape index (κ1) is 34.4. The number of benzene rings is 2. The van der Waals surface area contributed by atoms with E-state index in [1.54, 1.807) is 5.57 Å². The first-order chi connectivity index (χ1) is 22.4. The lowest BCUT2D eigenvalue weighted by Crippen LogP contribution is -2.46. The number of aliphatic hydroxyl groups excluding tert-OH is 1. The number of carbonyl (C=O) groups is 1. The Morgan fingerprint density at radius 3 is 2.43 bits per heavy atom. The van der Waals surface area contributed by atoms with Crippen LogP contribution >= 0.6 is 0 Å². The van der Waals surface area contributed by atoms with Crippen LogP contribution in [0, 0.1) is 23.7 Å². The summed E-state index contributed by atoms with van der Waals surface area (Å²) in [5, 5.41) is 31.4. The lowest BCUT2D eigenvalue weighted by molar-refractivity contribution is -0.147. The third-order valence-electron chi connectivity index (χ3n) is 11.6. The minimum absolute atomic E-state index is 0.162. The zero-order valence-electron chi connectivity index (χ0n) is 27.8. The number of hydrogen-bond donors (Lipinski definition) is 4. The van der Waals surface area contributed by atoms with E-state index in [9.17, 15) is 20.1 Å². The molecule has 0 saturated heterocycles. The Kier molecular flexibility index (Phi) is 12.6. The third-order valence-corrected chi connectivity index (χ3v) is 11.6. The van der Waals surface area contributed by atoms with Crippen molar-refractivity contribution in [3.8, 4) is 5.75 Å². The smallest absolute Gasteiger partial charge is 0.308 e. The molecule has 5 rings (SSSR count). The Labute approximate surface area is 277 Å². The Morgan fingerprint density at radius 2 is 1.72 bits per heavy atom. The molecule has 2 bridgehead atoms. The van der Waals surface area contributed by atoms with Crippen molar-refractivity contribution in [2.45, 2.75) is 114 Å². The van der Waals surface area contributed by atoms with Crippen molar-refractivity contribution in [3.63, 3.8) is 0 Å². The second-order valence-electron chi connectivity index (χ2n) is 14.6. The van der Waals surface area contributed by atoms with Crippen LogP contribution in [0.3, 0.4) is 0 Å². The highest BCUT2D eigenvalue weighted by molar-refractivity contribution is 5.73. The number of unbranched alkanes of at least 4 members (excludes halogenated alkanes) is 3. The van der Waals surface area contributed by atoms with E-state index in [0.29, 0.717) is 5.92 Å². The van der Waals surface area contributed by atoms with E-state index in [4.69, 9.17) is 5.73 Å². The quantitative estimate of drug-likeness (QED) is 0.139. The molecule has 250 valence electrons. The molecule has 3 aliphatic rings. The van der Waals surface area contributed by atoms with E-state index < -0.39 is 23.2 Å². The molecule has 0 radical (unpaired) electrons. The topological polar surface area (TPSA) is 104 Å². The van der Waals surface area contributed by atoms with Crippen molar-refractivity contribution < 1.29 is 20.1 Å². The predicted molar refractivity (Wildman–Crippen MR) is 187 cm³/mol. The second-order valence-corrected chi connectivity index (χ2v) is 14.6. The molecule has 46 heavy (non-hydrogen) atoms. The number of allylic oxidation sites excluding steroid dienone is 2. The van der Waals surface area contributed by atoms with Crippen LogP contribution in [0.2, 0.25) is 0 Å². The molecule has 3 aliphatic carbocycles. The van der Waals surface area contributed by atoms with Crippen LogP contribution in [0.25, 0.3) is 0 Å². The monoisotopic (exact) mass is 627 g/mol. The van der Waals surface area contributed by atoms with Gasteiger partial charge in [-0.05, 0) is 111 Å². The Bertz CT molecular complexity index is 1310. The zero-order valence-corrected chi connectivity index (χ0v) is 27.8. The first-order valence-electron chi connectivity index (χ1n) is 18.2. The summed E-state index contributed by atoms with van der Waals surface area (Å²) < 4.78 is 0. The van der Waals surface area contributed by atoms with Crippen molar-refractivity contribution in [2.75, 3.05) is 13.2 Å². The summed E-state index contributed by atoms with van der Waals surface area (Å²) in [5.74, 6) is -0.226. The van der Waals surface area contributed by atoms with Crippen LogP contribution in [-0.4, -0.2) is 34.4 Å². The molecule has 5 N–H and O–H groups in total. The van der Waals surface area contributed by atoms with Gasteiger partial charge < -0.3 is 21.1 Å². The van der Waals surface area contributed by atoms with E-state index in [0.717, 1.165) is 82.2 Å². The molecule has 5 heteroatoms. The number of phenols is 1. The van der Waals surface area contributed by atoms with Crippen molar-refractivity contribution in [3.05, 3.63) is 89.0 Å². The number of aliphatic hydroxyl groups is 1. The molecule has 0 amide bonds. The zero-order chi connectivity index (χ0) is 32.4. The van der Waals surface area contributed by atoms with Gasteiger partial charge >= 0.3 is 5.97 Å². The minimum Gasteiger partial charge on any atom is -0.508 e. The fourth-order valence-corrected chi connectivity index (χ4v) is 9.18. The number of carboxylic acid groups (broad SMARTS) is 1. The molecule has 0 aliphatic heterocycles. The molecular formula is C41H57NO4. The third kappa shape index (κ3) is 8.52. The average Bonchev–Trinajstić information content (AvgIpc) is 3.51. The number of fused-ring (bicyclic) bond motifs is 3. The maximum atomic E-state index is 13.0. The summed E-state index contributed by atoms with van der Waals surface area (Å²) in [4.78, 5) is 13.0. The van der Waals surface area contributed by atoms with Crippen molar-refractivity contribution in [1.29, 1.82) is 0 Å². The molecule has 2 aromatic carbocycles. The fraction of sp³-hybridized carbons (Fsp3) is 0.585. The number of rotatable bonds is 12. The van der Waals surface area contributed by atoms with Gasteiger partial charge in [0.1, 0.15) is 5.75 Å². The summed E-state index contributed by atoms with van der Waals surface area (Å²) >= 11 is 0. The lowest BCUT2D eigenvalue weighted by Gasteiger charge is -2.45. The van der Waals surface area contributed by atoms with Gasteiger partial charge in [0, 0.05) is 11.3 Å². The molecule has 1 saturated carbocycles. The van der Waals surface area contributed by atoms with Crippen LogP contribution < -0.4 is 5.73 Å². The fourth-order valence-electron chi connectivity index (χ4n) is 9.18. The number of aromatic hydroxyl groups is 1. The van der Waals surface area contributed by atoms with Gasteiger partial charge in [0.15, 0.2) is 0 Å². The number of aliphatic carboxylic acids is 1. The molecule has 0 unspecified atom stereocenters. The summed E-state index contributed by atoms with van der Waals surface area (Å²) in [6.45, 7) is 0.595.